The second-order valence-corrected chi connectivity index (χ2v) is 5.41. The van der Waals surface area contributed by atoms with Crippen molar-refractivity contribution in [3.05, 3.63) is 40.4 Å². The fraction of sp³-hybridized carbons (Fsp3) is 0.308. The quantitative estimate of drug-likeness (QED) is 0.738. The van der Waals surface area contributed by atoms with Crippen LogP contribution in [0.4, 0.5) is 0 Å². The highest BCUT2D eigenvalue weighted by atomic mass is 79.9. The normalized spacial score (nSPS) is 12.0. The van der Waals surface area contributed by atoms with Gasteiger partial charge in [-0.3, -0.25) is 4.79 Å². The largest absolute Gasteiger partial charge is 0.294 e. The third-order valence-corrected chi connectivity index (χ3v) is 2.57. The molecule has 15 heavy (non-hydrogen) atoms. The molecule has 1 aromatic rings. The molecule has 0 heterocycles. The lowest BCUT2D eigenvalue weighted by Crippen LogP contribution is -2.17. The predicted octanol–water partition coefficient (Wildman–Crippen LogP) is 4.08. The summed E-state index contributed by atoms with van der Waals surface area (Å²) in [4.78, 5) is 11.6. The lowest BCUT2D eigenvalue weighted by Gasteiger charge is -2.12. The van der Waals surface area contributed by atoms with E-state index in [1.54, 1.807) is 6.08 Å². The van der Waals surface area contributed by atoms with E-state index >= 15 is 0 Å². The molecule has 0 amide bonds. The van der Waals surface area contributed by atoms with Gasteiger partial charge in [0.25, 0.3) is 0 Å². The lowest BCUT2D eigenvalue weighted by molar-refractivity contribution is -0.121. The Morgan fingerprint density at radius 2 is 1.73 bits per heavy atom. The standard InChI is InChI=1S/C13H15BrO/c1-13(2,3)12(15)9-6-10-4-7-11(14)8-5-10/h4-9H,1-3H3/b9-6+. The van der Waals surface area contributed by atoms with Crippen LogP contribution in [0.3, 0.4) is 0 Å². The van der Waals surface area contributed by atoms with Crippen LogP contribution in [-0.4, -0.2) is 5.78 Å². The van der Waals surface area contributed by atoms with Crippen molar-refractivity contribution in [2.45, 2.75) is 20.8 Å². The number of benzene rings is 1. The van der Waals surface area contributed by atoms with Gasteiger partial charge in [-0.1, -0.05) is 54.9 Å². The molecule has 0 aliphatic rings. The number of hydrogen-bond acceptors (Lipinski definition) is 1. The van der Waals surface area contributed by atoms with Crippen LogP contribution >= 0.6 is 15.9 Å². The van der Waals surface area contributed by atoms with Gasteiger partial charge in [-0.05, 0) is 23.8 Å². The predicted molar refractivity (Wildman–Crippen MR) is 67.6 cm³/mol. The monoisotopic (exact) mass is 266 g/mol. The molecule has 0 bridgehead atoms. The molecule has 80 valence electrons. The molecule has 0 N–H and O–H groups in total. The average Bonchev–Trinajstić information content (AvgIpc) is 2.15. The van der Waals surface area contributed by atoms with Crippen molar-refractivity contribution in [1.82, 2.24) is 0 Å². The van der Waals surface area contributed by atoms with E-state index < -0.39 is 0 Å². The first-order chi connectivity index (χ1) is 6.89. The van der Waals surface area contributed by atoms with E-state index in [-0.39, 0.29) is 11.2 Å². The van der Waals surface area contributed by atoms with Gasteiger partial charge in [-0.15, -0.1) is 0 Å². The number of halogens is 1. The first-order valence-corrected chi connectivity index (χ1v) is 5.67. The van der Waals surface area contributed by atoms with Gasteiger partial charge in [-0.2, -0.15) is 0 Å². The van der Waals surface area contributed by atoms with Crippen LogP contribution in [0.1, 0.15) is 26.3 Å². The maximum atomic E-state index is 11.6. The van der Waals surface area contributed by atoms with Gasteiger partial charge in [-0.25, -0.2) is 0 Å². The third kappa shape index (κ3) is 4.00. The number of ketones is 1. The van der Waals surface area contributed by atoms with Gasteiger partial charge in [0.05, 0.1) is 0 Å². The van der Waals surface area contributed by atoms with Crippen LogP contribution in [0.15, 0.2) is 34.8 Å². The SMILES string of the molecule is CC(C)(C)C(=O)/C=C/c1ccc(Br)cc1. The minimum Gasteiger partial charge on any atom is -0.294 e. The van der Waals surface area contributed by atoms with Crippen LogP contribution in [0, 0.1) is 5.41 Å². The van der Waals surface area contributed by atoms with Crippen LogP contribution in [0.2, 0.25) is 0 Å². The Labute approximate surface area is 99.3 Å². The summed E-state index contributed by atoms with van der Waals surface area (Å²) in [6, 6.07) is 7.86. The maximum absolute atomic E-state index is 11.6. The van der Waals surface area contributed by atoms with E-state index in [0.717, 1.165) is 10.0 Å². The minimum atomic E-state index is -0.300. The zero-order valence-corrected chi connectivity index (χ0v) is 10.8. The molecule has 0 radical (unpaired) electrons. The summed E-state index contributed by atoms with van der Waals surface area (Å²) in [5.74, 6) is 0.144. The van der Waals surface area contributed by atoms with Crippen molar-refractivity contribution in [1.29, 1.82) is 0 Å². The Bertz CT molecular complexity index is 369. The van der Waals surface area contributed by atoms with Crippen LogP contribution in [0.5, 0.6) is 0 Å². The molecular formula is C13H15BrO. The second kappa shape index (κ2) is 4.75. The van der Waals surface area contributed by atoms with Crippen molar-refractivity contribution < 1.29 is 4.79 Å². The molecule has 1 rings (SSSR count). The Balaban J connectivity index is 2.74. The van der Waals surface area contributed by atoms with Crippen molar-refractivity contribution in [2.24, 2.45) is 5.41 Å². The van der Waals surface area contributed by atoms with E-state index in [0.29, 0.717) is 0 Å². The zero-order valence-electron chi connectivity index (χ0n) is 9.25. The van der Waals surface area contributed by atoms with E-state index in [9.17, 15) is 4.79 Å². The smallest absolute Gasteiger partial charge is 0.161 e. The Kier molecular flexibility index (Phi) is 3.86. The third-order valence-electron chi connectivity index (χ3n) is 2.04. The van der Waals surface area contributed by atoms with E-state index in [1.165, 1.54) is 0 Å². The first-order valence-electron chi connectivity index (χ1n) is 4.88. The number of rotatable bonds is 2. The zero-order chi connectivity index (χ0) is 11.5. The highest BCUT2D eigenvalue weighted by molar-refractivity contribution is 9.10. The Morgan fingerprint density at radius 3 is 2.20 bits per heavy atom. The molecule has 2 heteroatoms. The maximum Gasteiger partial charge on any atom is 0.161 e. The fourth-order valence-electron chi connectivity index (χ4n) is 0.996. The first kappa shape index (κ1) is 12.2. The van der Waals surface area contributed by atoms with Crippen molar-refractivity contribution in [2.75, 3.05) is 0 Å². The number of carbonyl (C=O) groups excluding carboxylic acids is 1. The van der Waals surface area contributed by atoms with Crippen LogP contribution in [-0.2, 0) is 4.79 Å². The van der Waals surface area contributed by atoms with E-state index in [2.05, 4.69) is 15.9 Å². The fourth-order valence-corrected chi connectivity index (χ4v) is 1.26. The summed E-state index contributed by atoms with van der Waals surface area (Å²) in [5.41, 5.74) is 0.738. The number of carbonyl (C=O) groups is 1. The minimum absolute atomic E-state index is 0.144. The van der Waals surface area contributed by atoms with Gasteiger partial charge in [0.1, 0.15) is 0 Å². The van der Waals surface area contributed by atoms with E-state index in [1.807, 2.05) is 51.1 Å². The van der Waals surface area contributed by atoms with Crippen molar-refractivity contribution in [3.8, 4) is 0 Å². The Hall–Kier alpha value is -0.890. The summed E-state index contributed by atoms with van der Waals surface area (Å²) < 4.78 is 1.04. The number of hydrogen-bond donors (Lipinski definition) is 0. The number of allylic oxidation sites excluding steroid dienone is 1. The summed E-state index contributed by atoms with van der Waals surface area (Å²) >= 11 is 3.37. The van der Waals surface area contributed by atoms with E-state index in [4.69, 9.17) is 0 Å². The van der Waals surface area contributed by atoms with Gasteiger partial charge in [0.15, 0.2) is 5.78 Å². The molecule has 1 aromatic carbocycles. The molecule has 1 nitrogen and oxygen atoms in total. The van der Waals surface area contributed by atoms with Crippen molar-refractivity contribution >= 4 is 27.8 Å². The van der Waals surface area contributed by atoms with Gasteiger partial charge in [0.2, 0.25) is 0 Å². The van der Waals surface area contributed by atoms with Gasteiger partial charge < -0.3 is 0 Å². The lowest BCUT2D eigenvalue weighted by atomic mass is 9.90. The molecule has 0 unspecified atom stereocenters. The molecule has 0 aliphatic heterocycles. The molecule has 0 saturated carbocycles. The van der Waals surface area contributed by atoms with Gasteiger partial charge >= 0.3 is 0 Å². The van der Waals surface area contributed by atoms with Crippen molar-refractivity contribution in [3.63, 3.8) is 0 Å². The molecule has 0 spiro atoms. The summed E-state index contributed by atoms with van der Waals surface area (Å²) in [6.45, 7) is 5.75. The molecule has 0 aromatic heterocycles. The molecule has 0 aliphatic carbocycles. The molecule has 0 saturated heterocycles. The summed E-state index contributed by atoms with van der Waals surface area (Å²) in [6.07, 6.45) is 3.49. The molecular weight excluding hydrogens is 252 g/mol. The average molecular weight is 267 g/mol. The summed E-state index contributed by atoms with van der Waals surface area (Å²) in [5, 5.41) is 0. The molecule has 0 fully saturated rings. The second-order valence-electron chi connectivity index (χ2n) is 4.50. The highest BCUT2D eigenvalue weighted by Crippen LogP contribution is 2.17. The van der Waals surface area contributed by atoms with Crippen LogP contribution < -0.4 is 0 Å². The topological polar surface area (TPSA) is 17.1 Å². The Morgan fingerprint density at radius 1 is 1.20 bits per heavy atom. The summed E-state index contributed by atoms with van der Waals surface area (Å²) in [7, 11) is 0. The highest BCUT2D eigenvalue weighted by Gasteiger charge is 2.17. The van der Waals surface area contributed by atoms with Gasteiger partial charge in [0, 0.05) is 9.89 Å². The van der Waals surface area contributed by atoms with Crippen LogP contribution in [0.25, 0.3) is 6.08 Å². The molecule has 0 atom stereocenters.